The molecule has 0 N–H and O–H groups in total. The molecular formula is C22H25NO2S. The first-order valence-corrected chi connectivity index (χ1v) is 10.3. The van der Waals surface area contributed by atoms with Crippen LogP contribution in [0.2, 0.25) is 0 Å². The van der Waals surface area contributed by atoms with Crippen LogP contribution in [0, 0.1) is 5.92 Å². The maximum absolute atomic E-state index is 13.0. The highest BCUT2D eigenvalue weighted by Crippen LogP contribution is 2.27. The maximum atomic E-state index is 13.0. The Balaban J connectivity index is 1.70. The van der Waals surface area contributed by atoms with Crippen LogP contribution < -0.4 is 0 Å². The summed E-state index contributed by atoms with van der Waals surface area (Å²) in [5, 5.41) is 0. The molecule has 136 valence electrons. The zero-order chi connectivity index (χ0) is 18.5. The van der Waals surface area contributed by atoms with Crippen LogP contribution in [0.5, 0.6) is 0 Å². The molecule has 1 aliphatic heterocycles. The van der Waals surface area contributed by atoms with Gasteiger partial charge in [-0.1, -0.05) is 36.4 Å². The van der Waals surface area contributed by atoms with Crippen LogP contribution in [0.4, 0.5) is 0 Å². The van der Waals surface area contributed by atoms with Gasteiger partial charge in [-0.05, 0) is 50.3 Å². The molecule has 1 saturated heterocycles. The minimum absolute atomic E-state index is 0.0491. The second-order valence-corrected chi connectivity index (χ2v) is 7.74. The SMILES string of the molecule is CSc1ccccc1C(=O)C1CCCN(Cc2cccc(C(C)=O)c2)C1. The van der Waals surface area contributed by atoms with Crippen molar-refractivity contribution in [2.75, 3.05) is 19.3 Å². The highest BCUT2D eigenvalue weighted by atomic mass is 32.2. The summed E-state index contributed by atoms with van der Waals surface area (Å²) >= 11 is 1.63. The van der Waals surface area contributed by atoms with Crippen molar-refractivity contribution in [1.29, 1.82) is 0 Å². The largest absolute Gasteiger partial charge is 0.298 e. The lowest BCUT2D eigenvalue weighted by Gasteiger charge is -2.32. The van der Waals surface area contributed by atoms with Crippen LogP contribution in [-0.4, -0.2) is 35.8 Å². The van der Waals surface area contributed by atoms with Crippen LogP contribution in [0.3, 0.4) is 0 Å². The van der Waals surface area contributed by atoms with Crippen molar-refractivity contribution >= 4 is 23.3 Å². The number of carbonyl (C=O) groups excluding carboxylic acids is 2. The third kappa shape index (κ3) is 4.43. The Labute approximate surface area is 159 Å². The number of likely N-dealkylation sites (tertiary alicyclic amines) is 1. The zero-order valence-corrected chi connectivity index (χ0v) is 16.2. The fourth-order valence-corrected chi connectivity index (χ4v) is 4.23. The fraction of sp³-hybridized carbons (Fsp3) is 0.364. The molecule has 3 rings (SSSR count). The quantitative estimate of drug-likeness (QED) is 0.547. The van der Waals surface area contributed by atoms with E-state index in [4.69, 9.17) is 0 Å². The molecule has 1 fully saturated rings. The van der Waals surface area contributed by atoms with Crippen molar-refractivity contribution in [3.8, 4) is 0 Å². The molecule has 2 aromatic carbocycles. The average molecular weight is 368 g/mol. The summed E-state index contributed by atoms with van der Waals surface area (Å²) in [6.07, 6.45) is 4.00. The number of hydrogen-bond acceptors (Lipinski definition) is 4. The summed E-state index contributed by atoms with van der Waals surface area (Å²) < 4.78 is 0. The third-order valence-electron chi connectivity index (χ3n) is 4.99. The average Bonchev–Trinajstić information content (AvgIpc) is 2.67. The van der Waals surface area contributed by atoms with E-state index in [2.05, 4.69) is 11.0 Å². The van der Waals surface area contributed by atoms with E-state index in [-0.39, 0.29) is 17.5 Å². The van der Waals surface area contributed by atoms with Gasteiger partial charge in [0.15, 0.2) is 11.6 Å². The van der Waals surface area contributed by atoms with E-state index in [0.717, 1.165) is 54.1 Å². The van der Waals surface area contributed by atoms with E-state index in [1.54, 1.807) is 18.7 Å². The first kappa shape index (κ1) is 18.9. The molecule has 4 heteroatoms. The summed E-state index contributed by atoms with van der Waals surface area (Å²) in [7, 11) is 0. The molecule has 1 heterocycles. The van der Waals surface area contributed by atoms with Crippen LogP contribution in [0.15, 0.2) is 53.4 Å². The van der Waals surface area contributed by atoms with Crippen molar-refractivity contribution in [3.05, 3.63) is 65.2 Å². The van der Waals surface area contributed by atoms with Crippen molar-refractivity contribution in [2.24, 2.45) is 5.92 Å². The monoisotopic (exact) mass is 367 g/mol. The molecule has 0 saturated carbocycles. The summed E-state index contributed by atoms with van der Waals surface area (Å²) in [5.41, 5.74) is 2.74. The summed E-state index contributed by atoms with van der Waals surface area (Å²) in [5.74, 6) is 0.400. The van der Waals surface area contributed by atoms with Gasteiger partial charge in [0, 0.05) is 35.0 Å². The molecule has 26 heavy (non-hydrogen) atoms. The lowest BCUT2D eigenvalue weighted by Crippen LogP contribution is -2.38. The number of benzene rings is 2. The molecule has 0 aliphatic carbocycles. The van der Waals surface area contributed by atoms with Crippen molar-refractivity contribution in [3.63, 3.8) is 0 Å². The maximum Gasteiger partial charge on any atom is 0.168 e. The normalized spacial score (nSPS) is 17.8. The van der Waals surface area contributed by atoms with E-state index in [1.165, 1.54) is 0 Å². The van der Waals surface area contributed by atoms with Gasteiger partial charge in [-0.3, -0.25) is 14.5 Å². The summed E-state index contributed by atoms with van der Waals surface area (Å²) in [6.45, 7) is 4.16. The van der Waals surface area contributed by atoms with Gasteiger partial charge in [0.2, 0.25) is 0 Å². The van der Waals surface area contributed by atoms with E-state index in [9.17, 15) is 9.59 Å². The minimum atomic E-state index is 0.0491. The van der Waals surface area contributed by atoms with E-state index in [1.807, 2.05) is 48.7 Å². The number of hydrogen-bond donors (Lipinski definition) is 0. The lowest BCUT2D eigenvalue weighted by molar-refractivity contribution is 0.0808. The Morgan fingerprint density at radius 3 is 2.73 bits per heavy atom. The number of piperidine rings is 1. The Bertz CT molecular complexity index is 802. The highest BCUT2D eigenvalue weighted by molar-refractivity contribution is 7.98. The van der Waals surface area contributed by atoms with Gasteiger partial charge in [-0.2, -0.15) is 0 Å². The van der Waals surface area contributed by atoms with E-state index < -0.39 is 0 Å². The minimum Gasteiger partial charge on any atom is -0.298 e. The predicted octanol–water partition coefficient (Wildman–Crippen LogP) is 4.71. The number of Topliss-reactive ketones (excluding diaryl/α,β-unsaturated/α-hetero) is 2. The van der Waals surface area contributed by atoms with E-state index >= 15 is 0 Å². The number of carbonyl (C=O) groups is 2. The lowest BCUT2D eigenvalue weighted by atomic mass is 9.89. The number of thioether (sulfide) groups is 1. The topological polar surface area (TPSA) is 37.4 Å². The zero-order valence-electron chi connectivity index (χ0n) is 15.4. The van der Waals surface area contributed by atoms with Gasteiger partial charge < -0.3 is 0 Å². The third-order valence-corrected chi connectivity index (χ3v) is 5.78. The van der Waals surface area contributed by atoms with Crippen LogP contribution >= 0.6 is 11.8 Å². The van der Waals surface area contributed by atoms with Gasteiger partial charge in [-0.25, -0.2) is 0 Å². The van der Waals surface area contributed by atoms with Crippen LogP contribution in [-0.2, 0) is 6.54 Å². The molecule has 0 radical (unpaired) electrons. The van der Waals surface area contributed by atoms with Gasteiger partial charge >= 0.3 is 0 Å². The summed E-state index contributed by atoms with van der Waals surface area (Å²) in [4.78, 5) is 28.0. The molecule has 1 atom stereocenters. The smallest absolute Gasteiger partial charge is 0.168 e. The Morgan fingerprint density at radius 1 is 1.15 bits per heavy atom. The van der Waals surface area contributed by atoms with E-state index in [0.29, 0.717) is 0 Å². The number of nitrogens with zero attached hydrogens (tertiary/aromatic N) is 1. The molecule has 0 bridgehead atoms. The first-order chi connectivity index (χ1) is 12.6. The number of ketones is 2. The second kappa shape index (κ2) is 8.65. The molecular weight excluding hydrogens is 342 g/mol. The molecule has 1 aliphatic rings. The highest BCUT2D eigenvalue weighted by Gasteiger charge is 2.27. The van der Waals surface area contributed by atoms with Gasteiger partial charge in [0.05, 0.1) is 0 Å². The molecule has 1 unspecified atom stereocenters. The summed E-state index contributed by atoms with van der Waals surface area (Å²) in [6, 6.07) is 15.7. The van der Waals surface area contributed by atoms with Crippen molar-refractivity contribution < 1.29 is 9.59 Å². The van der Waals surface area contributed by atoms with Crippen molar-refractivity contribution in [2.45, 2.75) is 31.2 Å². The molecule has 0 spiro atoms. The van der Waals surface area contributed by atoms with Crippen LogP contribution in [0.25, 0.3) is 0 Å². The Morgan fingerprint density at radius 2 is 1.96 bits per heavy atom. The van der Waals surface area contributed by atoms with Gasteiger partial charge in [0.1, 0.15) is 0 Å². The predicted molar refractivity (Wildman–Crippen MR) is 107 cm³/mol. The molecule has 0 amide bonds. The van der Waals surface area contributed by atoms with Gasteiger partial charge in [0.25, 0.3) is 0 Å². The first-order valence-electron chi connectivity index (χ1n) is 9.08. The Kier molecular flexibility index (Phi) is 6.28. The number of rotatable bonds is 6. The second-order valence-electron chi connectivity index (χ2n) is 6.90. The standard InChI is InChI=1S/C22H25NO2S/c1-16(24)18-8-5-7-17(13-18)14-23-12-6-9-19(15-23)22(25)20-10-3-4-11-21(20)26-2/h3-5,7-8,10-11,13,19H,6,9,12,14-15H2,1-2H3. The fourth-order valence-electron chi connectivity index (χ4n) is 3.63. The van der Waals surface area contributed by atoms with Gasteiger partial charge in [-0.15, -0.1) is 11.8 Å². The Hall–Kier alpha value is -1.91. The molecule has 0 aromatic heterocycles. The van der Waals surface area contributed by atoms with Crippen molar-refractivity contribution in [1.82, 2.24) is 4.90 Å². The molecule has 3 nitrogen and oxygen atoms in total. The molecule has 2 aromatic rings. The van der Waals surface area contributed by atoms with Crippen LogP contribution in [0.1, 0.15) is 46.0 Å².